The van der Waals surface area contributed by atoms with Crippen molar-refractivity contribution >= 4 is 5.69 Å². The Kier molecular flexibility index (Phi) is 5.09. The van der Waals surface area contributed by atoms with Crippen LogP contribution in [-0.4, -0.2) is 41.2 Å². The maximum Gasteiger partial charge on any atom is 0.244 e. The number of rotatable bonds is 4. The quantitative estimate of drug-likeness (QED) is 0.674. The summed E-state index contributed by atoms with van der Waals surface area (Å²) in [5, 5.41) is 4.05. The second-order valence-electron chi connectivity index (χ2n) is 7.07. The zero-order valence-electron chi connectivity index (χ0n) is 15.9. The SMILES string of the molecule is Cc1cc(-c2noc(C(C)N3CCN(c4ccccc4F)CC3)n2)ccc1F. The van der Waals surface area contributed by atoms with E-state index in [1.54, 1.807) is 25.1 Å². The lowest BCUT2D eigenvalue weighted by atomic mass is 10.1. The molecule has 28 heavy (non-hydrogen) atoms. The molecule has 3 aromatic rings. The minimum Gasteiger partial charge on any atom is -0.367 e. The van der Waals surface area contributed by atoms with E-state index in [-0.39, 0.29) is 17.7 Å². The number of hydrogen-bond acceptors (Lipinski definition) is 5. The average molecular weight is 384 g/mol. The number of anilines is 1. The van der Waals surface area contributed by atoms with Gasteiger partial charge in [-0.1, -0.05) is 17.3 Å². The van der Waals surface area contributed by atoms with Gasteiger partial charge in [-0.05, 0) is 49.7 Å². The van der Waals surface area contributed by atoms with Crippen molar-refractivity contribution in [2.45, 2.75) is 19.9 Å². The Labute approximate surface area is 162 Å². The van der Waals surface area contributed by atoms with E-state index in [1.807, 2.05) is 19.1 Å². The first kappa shape index (κ1) is 18.6. The summed E-state index contributed by atoms with van der Waals surface area (Å²) >= 11 is 0. The number of halogens is 2. The predicted molar refractivity (Wildman–Crippen MR) is 103 cm³/mol. The molecule has 2 aromatic carbocycles. The molecule has 0 N–H and O–H groups in total. The third kappa shape index (κ3) is 3.62. The van der Waals surface area contributed by atoms with E-state index in [1.165, 1.54) is 12.1 Å². The molecule has 0 spiro atoms. The number of aromatic nitrogens is 2. The summed E-state index contributed by atoms with van der Waals surface area (Å²) in [6.45, 7) is 6.71. The highest BCUT2D eigenvalue weighted by Crippen LogP contribution is 2.26. The number of benzene rings is 2. The van der Waals surface area contributed by atoms with Crippen LogP contribution in [0.15, 0.2) is 47.0 Å². The third-order valence-corrected chi connectivity index (χ3v) is 5.27. The van der Waals surface area contributed by atoms with Crippen molar-refractivity contribution < 1.29 is 13.3 Å². The fourth-order valence-corrected chi connectivity index (χ4v) is 3.52. The van der Waals surface area contributed by atoms with Crippen molar-refractivity contribution in [3.8, 4) is 11.4 Å². The Bertz CT molecular complexity index is 967. The minimum absolute atomic E-state index is 0.0504. The summed E-state index contributed by atoms with van der Waals surface area (Å²) in [5.41, 5.74) is 1.91. The summed E-state index contributed by atoms with van der Waals surface area (Å²) in [6, 6.07) is 11.6. The zero-order chi connectivity index (χ0) is 19.7. The van der Waals surface area contributed by atoms with E-state index in [2.05, 4.69) is 19.9 Å². The second-order valence-corrected chi connectivity index (χ2v) is 7.07. The standard InChI is InChI=1S/C21H22F2N4O/c1-14-13-16(7-8-17(14)22)20-24-21(28-25-20)15(2)26-9-11-27(12-10-26)19-6-4-3-5-18(19)23/h3-8,13,15H,9-12H2,1-2H3. The molecule has 7 heteroatoms. The van der Waals surface area contributed by atoms with E-state index in [0.29, 0.717) is 23.0 Å². The molecule has 1 aliphatic rings. The van der Waals surface area contributed by atoms with Crippen molar-refractivity contribution in [2.75, 3.05) is 31.1 Å². The van der Waals surface area contributed by atoms with Crippen LogP contribution in [-0.2, 0) is 0 Å². The molecule has 1 aromatic heterocycles. The second kappa shape index (κ2) is 7.67. The Hall–Kier alpha value is -2.80. The van der Waals surface area contributed by atoms with Crippen LogP contribution in [0.2, 0.25) is 0 Å². The van der Waals surface area contributed by atoms with E-state index in [9.17, 15) is 8.78 Å². The lowest BCUT2D eigenvalue weighted by Crippen LogP contribution is -2.47. The Morgan fingerprint density at radius 2 is 1.75 bits per heavy atom. The van der Waals surface area contributed by atoms with Crippen LogP contribution in [0.25, 0.3) is 11.4 Å². The van der Waals surface area contributed by atoms with Crippen LogP contribution in [0.3, 0.4) is 0 Å². The molecule has 0 radical (unpaired) electrons. The summed E-state index contributed by atoms with van der Waals surface area (Å²) in [6.07, 6.45) is 0. The van der Waals surface area contributed by atoms with Gasteiger partial charge in [0.2, 0.25) is 11.7 Å². The van der Waals surface area contributed by atoms with Crippen LogP contribution in [0.4, 0.5) is 14.5 Å². The Morgan fingerprint density at radius 3 is 2.46 bits per heavy atom. The van der Waals surface area contributed by atoms with Crippen LogP contribution in [0.1, 0.15) is 24.4 Å². The van der Waals surface area contributed by atoms with Crippen LogP contribution >= 0.6 is 0 Å². The van der Waals surface area contributed by atoms with Gasteiger partial charge in [0.15, 0.2) is 0 Å². The molecule has 0 aliphatic carbocycles. The molecule has 1 aliphatic heterocycles. The molecule has 1 unspecified atom stereocenters. The predicted octanol–water partition coefficient (Wildman–Crippen LogP) is 4.21. The molecule has 0 bridgehead atoms. The lowest BCUT2D eigenvalue weighted by Gasteiger charge is -2.38. The first-order valence-corrected chi connectivity index (χ1v) is 9.36. The largest absolute Gasteiger partial charge is 0.367 e. The van der Waals surface area contributed by atoms with Crippen molar-refractivity contribution in [3.63, 3.8) is 0 Å². The highest BCUT2D eigenvalue weighted by molar-refractivity contribution is 5.55. The molecule has 1 saturated heterocycles. The summed E-state index contributed by atoms with van der Waals surface area (Å²) < 4.78 is 32.9. The van der Waals surface area contributed by atoms with Gasteiger partial charge >= 0.3 is 0 Å². The van der Waals surface area contributed by atoms with Gasteiger partial charge in [-0.2, -0.15) is 4.98 Å². The zero-order valence-corrected chi connectivity index (χ0v) is 15.9. The van der Waals surface area contributed by atoms with Crippen molar-refractivity contribution in [1.82, 2.24) is 15.0 Å². The molecular weight excluding hydrogens is 362 g/mol. The maximum atomic E-state index is 14.0. The van der Waals surface area contributed by atoms with Gasteiger partial charge in [0.1, 0.15) is 11.6 Å². The molecule has 1 fully saturated rings. The fraction of sp³-hybridized carbons (Fsp3) is 0.333. The van der Waals surface area contributed by atoms with Gasteiger partial charge in [-0.3, -0.25) is 4.90 Å². The van der Waals surface area contributed by atoms with Crippen LogP contribution < -0.4 is 4.90 Å². The number of aryl methyl sites for hydroxylation is 1. The van der Waals surface area contributed by atoms with Gasteiger partial charge < -0.3 is 9.42 Å². The topological polar surface area (TPSA) is 45.4 Å². The first-order valence-electron chi connectivity index (χ1n) is 9.36. The highest BCUT2D eigenvalue weighted by Gasteiger charge is 2.27. The van der Waals surface area contributed by atoms with Gasteiger partial charge in [0, 0.05) is 31.7 Å². The number of piperazine rings is 1. The molecule has 0 amide bonds. The number of nitrogens with zero attached hydrogens (tertiary/aromatic N) is 4. The van der Waals surface area contributed by atoms with Gasteiger partial charge in [0.05, 0.1) is 11.7 Å². The molecule has 2 heterocycles. The molecule has 5 nitrogen and oxygen atoms in total. The van der Waals surface area contributed by atoms with E-state index in [0.717, 1.165) is 31.7 Å². The Balaban J connectivity index is 1.43. The lowest BCUT2D eigenvalue weighted by molar-refractivity contribution is 0.164. The smallest absolute Gasteiger partial charge is 0.244 e. The molecule has 0 saturated carbocycles. The van der Waals surface area contributed by atoms with E-state index in [4.69, 9.17) is 4.52 Å². The highest BCUT2D eigenvalue weighted by atomic mass is 19.1. The summed E-state index contributed by atoms with van der Waals surface area (Å²) in [5.74, 6) is 0.528. The molecular formula is C21H22F2N4O. The molecule has 146 valence electrons. The van der Waals surface area contributed by atoms with Gasteiger partial charge in [0.25, 0.3) is 0 Å². The van der Waals surface area contributed by atoms with Crippen molar-refractivity contribution in [2.24, 2.45) is 0 Å². The van der Waals surface area contributed by atoms with Gasteiger partial charge in [-0.15, -0.1) is 0 Å². The number of hydrogen-bond donors (Lipinski definition) is 0. The monoisotopic (exact) mass is 384 g/mol. The normalized spacial score (nSPS) is 16.4. The molecule has 1 atom stereocenters. The van der Waals surface area contributed by atoms with E-state index >= 15 is 0 Å². The number of para-hydroxylation sites is 1. The maximum absolute atomic E-state index is 14.0. The first-order chi connectivity index (χ1) is 13.5. The van der Waals surface area contributed by atoms with E-state index < -0.39 is 0 Å². The fourth-order valence-electron chi connectivity index (χ4n) is 3.52. The summed E-state index contributed by atoms with van der Waals surface area (Å²) in [4.78, 5) is 8.80. The van der Waals surface area contributed by atoms with Crippen LogP contribution in [0, 0.1) is 18.6 Å². The third-order valence-electron chi connectivity index (χ3n) is 5.27. The molecule has 4 rings (SSSR count). The van der Waals surface area contributed by atoms with Crippen molar-refractivity contribution in [3.05, 3.63) is 65.6 Å². The van der Waals surface area contributed by atoms with Crippen molar-refractivity contribution in [1.29, 1.82) is 0 Å². The average Bonchev–Trinajstić information content (AvgIpc) is 3.20. The van der Waals surface area contributed by atoms with Gasteiger partial charge in [-0.25, -0.2) is 8.78 Å². The minimum atomic E-state index is -0.256. The summed E-state index contributed by atoms with van der Waals surface area (Å²) in [7, 11) is 0. The van der Waals surface area contributed by atoms with Crippen LogP contribution in [0.5, 0.6) is 0 Å². The Morgan fingerprint density at radius 1 is 1.00 bits per heavy atom.